The Morgan fingerprint density at radius 3 is 3.00 bits per heavy atom. The van der Waals surface area contributed by atoms with Crippen LogP contribution in [0.1, 0.15) is 12.8 Å². The van der Waals surface area contributed by atoms with Gasteiger partial charge in [0, 0.05) is 29.7 Å². The number of nitrogens with zero attached hydrogens (tertiary/aromatic N) is 1. The third-order valence-corrected chi connectivity index (χ3v) is 2.64. The number of likely N-dealkylation sites (tertiary alicyclic amines) is 1. The van der Waals surface area contributed by atoms with Crippen molar-refractivity contribution >= 4 is 23.2 Å². The number of rotatable bonds is 2. The van der Waals surface area contributed by atoms with Gasteiger partial charge in [0.05, 0.1) is 0 Å². The van der Waals surface area contributed by atoms with E-state index in [0.29, 0.717) is 11.1 Å². The second kappa shape index (κ2) is 5.07. The van der Waals surface area contributed by atoms with E-state index in [2.05, 4.69) is 4.90 Å². The zero-order valence-corrected chi connectivity index (χ0v) is 8.48. The summed E-state index contributed by atoms with van der Waals surface area (Å²) in [6, 6.07) is 0.304. The minimum absolute atomic E-state index is 0.304. The van der Waals surface area contributed by atoms with E-state index in [1.807, 2.05) is 0 Å². The Labute approximate surface area is 83.3 Å². The van der Waals surface area contributed by atoms with Crippen LogP contribution in [0.3, 0.4) is 0 Å². The lowest BCUT2D eigenvalue weighted by Gasteiger charge is -2.30. The minimum atomic E-state index is 0.304. The first kappa shape index (κ1) is 10.3. The minimum Gasteiger partial charge on any atom is -0.327 e. The van der Waals surface area contributed by atoms with Gasteiger partial charge in [-0.05, 0) is 19.4 Å². The number of hydrogen-bond acceptors (Lipinski definition) is 2. The molecule has 1 atom stereocenters. The first-order valence-electron chi connectivity index (χ1n) is 4.15. The topological polar surface area (TPSA) is 29.3 Å². The Morgan fingerprint density at radius 1 is 1.67 bits per heavy atom. The fourth-order valence-corrected chi connectivity index (χ4v) is 1.72. The first-order valence-corrected chi connectivity index (χ1v) is 4.96. The van der Waals surface area contributed by atoms with E-state index in [4.69, 9.17) is 28.9 Å². The maximum atomic E-state index is 5.81. The van der Waals surface area contributed by atoms with Crippen LogP contribution in [0, 0.1) is 0 Å². The van der Waals surface area contributed by atoms with Gasteiger partial charge in [-0.1, -0.05) is 23.2 Å². The Morgan fingerprint density at radius 2 is 2.42 bits per heavy atom. The summed E-state index contributed by atoms with van der Waals surface area (Å²) in [6.07, 6.45) is 2.28. The summed E-state index contributed by atoms with van der Waals surface area (Å²) in [5.74, 6) is 0. The summed E-state index contributed by atoms with van der Waals surface area (Å²) in [4.78, 5) is 2.23. The molecule has 1 saturated heterocycles. The van der Waals surface area contributed by atoms with Crippen molar-refractivity contribution in [2.45, 2.75) is 18.9 Å². The second-order valence-corrected chi connectivity index (χ2v) is 3.90. The third kappa shape index (κ3) is 3.31. The van der Waals surface area contributed by atoms with Gasteiger partial charge in [-0.3, -0.25) is 4.90 Å². The molecule has 0 radical (unpaired) electrons. The molecule has 1 rings (SSSR count). The highest BCUT2D eigenvalue weighted by atomic mass is 35.5. The standard InChI is InChI=1S/C8H14Cl2N2/c9-4-7(10)5-12-3-1-2-8(11)6-12/h4,8H,1-3,5-6,11H2/t8-/m1/s1. The van der Waals surface area contributed by atoms with Gasteiger partial charge in [0.15, 0.2) is 0 Å². The first-order chi connectivity index (χ1) is 5.72. The predicted molar refractivity (Wildman–Crippen MR) is 53.4 cm³/mol. The molecule has 0 aromatic heterocycles. The zero-order chi connectivity index (χ0) is 8.97. The average Bonchev–Trinajstić information content (AvgIpc) is 2.04. The van der Waals surface area contributed by atoms with Gasteiger partial charge < -0.3 is 5.73 Å². The monoisotopic (exact) mass is 208 g/mol. The molecule has 0 amide bonds. The van der Waals surface area contributed by atoms with Crippen molar-refractivity contribution in [3.05, 3.63) is 10.6 Å². The van der Waals surface area contributed by atoms with Gasteiger partial charge in [-0.2, -0.15) is 0 Å². The lowest BCUT2D eigenvalue weighted by atomic mass is 10.1. The maximum Gasteiger partial charge on any atom is 0.0434 e. The Kier molecular flexibility index (Phi) is 4.36. The quantitative estimate of drug-likeness (QED) is 0.750. The summed E-state index contributed by atoms with van der Waals surface area (Å²) in [5.41, 5.74) is 7.22. The molecule has 0 aliphatic carbocycles. The molecule has 4 heteroatoms. The van der Waals surface area contributed by atoms with Crippen LogP contribution in [0.25, 0.3) is 0 Å². The predicted octanol–water partition coefficient (Wildman–Crippen LogP) is 1.73. The molecule has 0 unspecified atom stereocenters. The molecule has 1 fully saturated rings. The normalized spacial score (nSPS) is 27.6. The van der Waals surface area contributed by atoms with Crippen LogP contribution in [-0.2, 0) is 0 Å². The van der Waals surface area contributed by atoms with Gasteiger partial charge in [0.1, 0.15) is 0 Å². The van der Waals surface area contributed by atoms with Crippen LogP contribution < -0.4 is 5.73 Å². The molecule has 12 heavy (non-hydrogen) atoms. The number of hydrogen-bond donors (Lipinski definition) is 1. The Bertz CT molecular complexity index is 170. The molecular weight excluding hydrogens is 195 g/mol. The lowest BCUT2D eigenvalue weighted by molar-refractivity contribution is 0.228. The Balaban J connectivity index is 2.32. The molecule has 1 heterocycles. The molecule has 1 aliphatic heterocycles. The third-order valence-electron chi connectivity index (χ3n) is 2.04. The van der Waals surface area contributed by atoms with Gasteiger partial charge in [-0.15, -0.1) is 0 Å². The second-order valence-electron chi connectivity index (χ2n) is 3.19. The van der Waals surface area contributed by atoms with Crippen LogP contribution in [-0.4, -0.2) is 30.6 Å². The molecule has 70 valence electrons. The summed E-state index contributed by atoms with van der Waals surface area (Å²) in [6.45, 7) is 2.74. The van der Waals surface area contributed by atoms with E-state index in [1.54, 1.807) is 0 Å². The van der Waals surface area contributed by atoms with Gasteiger partial charge in [0.25, 0.3) is 0 Å². The molecule has 0 saturated carbocycles. The molecule has 0 aromatic rings. The summed E-state index contributed by atoms with van der Waals surface area (Å²) >= 11 is 11.2. The Hall–Kier alpha value is 0.240. The van der Waals surface area contributed by atoms with Crippen LogP contribution in [0.15, 0.2) is 10.6 Å². The van der Waals surface area contributed by atoms with Crippen LogP contribution in [0.5, 0.6) is 0 Å². The van der Waals surface area contributed by atoms with Gasteiger partial charge >= 0.3 is 0 Å². The summed E-state index contributed by atoms with van der Waals surface area (Å²) in [7, 11) is 0. The molecular formula is C8H14Cl2N2. The lowest BCUT2D eigenvalue weighted by Crippen LogP contribution is -2.43. The number of halogens is 2. The van der Waals surface area contributed by atoms with E-state index >= 15 is 0 Å². The largest absolute Gasteiger partial charge is 0.327 e. The molecule has 2 N–H and O–H groups in total. The highest BCUT2D eigenvalue weighted by molar-refractivity contribution is 6.36. The van der Waals surface area contributed by atoms with Gasteiger partial charge in [0.2, 0.25) is 0 Å². The fraction of sp³-hybridized carbons (Fsp3) is 0.750. The van der Waals surface area contributed by atoms with Gasteiger partial charge in [-0.25, -0.2) is 0 Å². The van der Waals surface area contributed by atoms with E-state index < -0.39 is 0 Å². The SMILES string of the molecule is N[C@@H]1CCCN(CC(Cl)=CCl)C1. The number of nitrogens with two attached hydrogens (primary N) is 1. The van der Waals surface area contributed by atoms with Crippen molar-refractivity contribution in [2.24, 2.45) is 5.73 Å². The summed E-state index contributed by atoms with van der Waals surface area (Å²) in [5, 5.41) is 0.686. The van der Waals surface area contributed by atoms with Crippen molar-refractivity contribution in [1.29, 1.82) is 0 Å². The zero-order valence-electron chi connectivity index (χ0n) is 6.97. The van der Waals surface area contributed by atoms with E-state index in [9.17, 15) is 0 Å². The molecule has 0 aromatic carbocycles. The van der Waals surface area contributed by atoms with Crippen molar-refractivity contribution in [3.63, 3.8) is 0 Å². The van der Waals surface area contributed by atoms with Crippen molar-refractivity contribution in [3.8, 4) is 0 Å². The molecule has 2 nitrogen and oxygen atoms in total. The smallest absolute Gasteiger partial charge is 0.0434 e. The summed E-state index contributed by atoms with van der Waals surface area (Å²) < 4.78 is 0. The van der Waals surface area contributed by atoms with Crippen molar-refractivity contribution < 1.29 is 0 Å². The van der Waals surface area contributed by atoms with Crippen molar-refractivity contribution in [1.82, 2.24) is 4.90 Å². The molecule has 1 aliphatic rings. The van der Waals surface area contributed by atoms with E-state index in [0.717, 1.165) is 32.5 Å². The van der Waals surface area contributed by atoms with Crippen LogP contribution in [0.4, 0.5) is 0 Å². The highest BCUT2D eigenvalue weighted by Gasteiger charge is 2.16. The van der Waals surface area contributed by atoms with E-state index in [-0.39, 0.29) is 0 Å². The number of piperidine rings is 1. The van der Waals surface area contributed by atoms with Crippen LogP contribution in [0.2, 0.25) is 0 Å². The van der Waals surface area contributed by atoms with Crippen molar-refractivity contribution in [2.75, 3.05) is 19.6 Å². The fourth-order valence-electron chi connectivity index (χ4n) is 1.48. The van der Waals surface area contributed by atoms with Crippen LogP contribution >= 0.6 is 23.2 Å². The highest BCUT2D eigenvalue weighted by Crippen LogP contribution is 2.12. The van der Waals surface area contributed by atoms with E-state index in [1.165, 1.54) is 5.54 Å². The molecule has 0 spiro atoms. The molecule has 0 bridgehead atoms. The average molecular weight is 209 g/mol. The maximum absolute atomic E-state index is 5.81.